The van der Waals surface area contributed by atoms with Gasteiger partial charge < -0.3 is 5.73 Å². The van der Waals surface area contributed by atoms with Crippen LogP contribution in [0.3, 0.4) is 0 Å². The van der Waals surface area contributed by atoms with E-state index in [0.29, 0.717) is 10.8 Å². The van der Waals surface area contributed by atoms with E-state index in [9.17, 15) is 0 Å². The van der Waals surface area contributed by atoms with Crippen LogP contribution in [-0.4, -0.2) is 9.97 Å². The van der Waals surface area contributed by atoms with Crippen LogP contribution >= 0.6 is 27.5 Å². The van der Waals surface area contributed by atoms with Gasteiger partial charge in [-0.25, -0.2) is 9.97 Å². The fourth-order valence-electron chi connectivity index (χ4n) is 2.91. The van der Waals surface area contributed by atoms with E-state index in [1.807, 2.05) is 24.4 Å². The Morgan fingerprint density at radius 2 is 2.14 bits per heavy atom. The van der Waals surface area contributed by atoms with Gasteiger partial charge in [-0.05, 0) is 36.5 Å². The Labute approximate surface area is 138 Å². The highest BCUT2D eigenvalue weighted by molar-refractivity contribution is 9.10. The van der Waals surface area contributed by atoms with Crippen LogP contribution in [0.15, 0.2) is 28.9 Å². The maximum absolute atomic E-state index is 6.30. The second-order valence-corrected chi connectivity index (χ2v) is 7.69. The van der Waals surface area contributed by atoms with Crippen molar-refractivity contribution in [2.45, 2.75) is 32.7 Å². The third-order valence-electron chi connectivity index (χ3n) is 3.89. The maximum atomic E-state index is 6.30. The van der Waals surface area contributed by atoms with E-state index in [-0.39, 0.29) is 11.5 Å². The molecule has 0 amide bonds. The predicted octanol–water partition coefficient (Wildman–Crippen LogP) is 4.53. The smallest absolute Gasteiger partial charge is 0.160 e. The van der Waals surface area contributed by atoms with Gasteiger partial charge in [0.25, 0.3) is 0 Å². The topological polar surface area (TPSA) is 51.8 Å². The van der Waals surface area contributed by atoms with Crippen LogP contribution in [-0.2, 0) is 6.42 Å². The van der Waals surface area contributed by atoms with Gasteiger partial charge in [0.1, 0.15) is 0 Å². The molecule has 2 aromatic rings. The summed E-state index contributed by atoms with van der Waals surface area (Å²) in [6.45, 7) is 4.45. The van der Waals surface area contributed by atoms with Crippen molar-refractivity contribution in [1.82, 2.24) is 9.97 Å². The Morgan fingerprint density at radius 1 is 1.38 bits per heavy atom. The number of nitrogens with two attached hydrogens (primary N) is 1. The first-order valence-electron chi connectivity index (χ1n) is 6.92. The van der Waals surface area contributed by atoms with E-state index in [2.05, 4.69) is 34.8 Å². The van der Waals surface area contributed by atoms with E-state index in [1.165, 1.54) is 0 Å². The Morgan fingerprint density at radius 3 is 2.86 bits per heavy atom. The number of benzene rings is 1. The van der Waals surface area contributed by atoms with Gasteiger partial charge in [-0.15, -0.1) is 0 Å². The molecular formula is C16H17BrClN3. The molecule has 110 valence electrons. The minimum atomic E-state index is 0.0122. The zero-order valence-corrected chi connectivity index (χ0v) is 14.4. The van der Waals surface area contributed by atoms with Gasteiger partial charge in [0.05, 0.1) is 5.02 Å². The van der Waals surface area contributed by atoms with Crippen molar-refractivity contribution in [2.24, 2.45) is 11.1 Å². The van der Waals surface area contributed by atoms with Gasteiger partial charge in [0.2, 0.25) is 0 Å². The molecule has 3 nitrogen and oxygen atoms in total. The lowest BCUT2D eigenvalue weighted by Crippen LogP contribution is -2.30. The second-order valence-electron chi connectivity index (χ2n) is 6.37. The molecule has 0 fully saturated rings. The first-order valence-corrected chi connectivity index (χ1v) is 8.10. The van der Waals surface area contributed by atoms with Crippen LogP contribution in [0, 0.1) is 5.41 Å². The molecule has 1 aromatic heterocycles. The molecule has 1 aromatic carbocycles. The van der Waals surface area contributed by atoms with Crippen LogP contribution in [0.25, 0.3) is 11.4 Å². The quantitative estimate of drug-likeness (QED) is 0.806. The summed E-state index contributed by atoms with van der Waals surface area (Å²) in [4.78, 5) is 9.19. The highest BCUT2D eigenvalue weighted by atomic mass is 79.9. The number of nitrogens with zero attached hydrogens (tertiary/aromatic N) is 2. The summed E-state index contributed by atoms with van der Waals surface area (Å²) < 4.78 is 0.942. The average molecular weight is 367 g/mol. The summed E-state index contributed by atoms with van der Waals surface area (Å²) in [7, 11) is 0. The summed E-state index contributed by atoms with van der Waals surface area (Å²) in [5.74, 6) is 0.663. The van der Waals surface area contributed by atoms with Gasteiger partial charge in [-0.2, -0.15) is 0 Å². The summed E-state index contributed by atoms with van der Waals surface area (Å²) >= 11 is 9.71. The number of rotatable bonds is 1. The van der Waals surface area contributed by atoms with Crippen molar-refractivity contribution in [2.75, 3.05) is 0 Å². The van der Waals surface area contributed by atoms with Gasteiger partial charge in [-0.1, -0.05) is 41.4 Å². The fourth-order valence-corrected chi connectivity index (χ4v) is 3.67. The third kappa shape index (κ3) is 2.98. The van der Waals surface area contributed by atoms with Gasteiger partial charge in [0.15, 0.2) is 5.82 Å². The molecule has 3 rings (SSSR count). The molecule has 21 heavy (non-hydrogen) atoms. The Hall–Kier alpha value is -0.970. The van der Waals surface area contributed by atoms with Crippen molar-refractivity contribution in [1.29, 1.82) is 0 Å². The average Bonchev–Trinajstić information content (AvgIpc) is 2.36. The van der Waals surface area contributed by atoms with E-state index < -0.39 is 0 Å². The van der Waals surface area contributed by atoms with Crippen LogP contribution in [0.5, 0.6) is 0 Å². The van der Waals surface area contributed by atoms with Crippen molar-refractivity contribution >= 4 is 27.5 Å². The summed E-state index contributed by atoms with van der Waals surface area (Å²) in [6, 6.07) is 5.75. The number of fused-ring (bicyclic) bond motifs is 1. The van der Waals surface area contributed by atoms with E-state index in [0.717, 1.165) is 34.1 Å². The lowest BCUT2D eigenvalue weighted by Gasteiger charge is -2.34. The number of hydrogen-bond acceptors (Lipinski definition) is 3. The molecule has 0 saturated carbocycles. The minimum absolute atomic E-state index is 0.0122. The SMILES string of the molecule is CC1(C)Cc2nc(-c3ccc(Br)cc3Cl)ncc2C(N)C1. The first-order chi connectivity index (χ1) is 9.85. The third-order valence-corrected chi connectivity index (χ3v) is 4.70. The predicted molar refractivity (Wildman–Crippen MR) is 89.2 cm³/mol. The van der Waals surface area contributed by atoms with Crippen LogP contribution in [0.4, 0.5) is 0 Å². The zero-order chi connectivity index (χ0) is 15.2. The van der Waals surface area contributed by atoms with Crippen molar-refractivity contribution < 1.29 is 0 Å². The molecule has 5 heteroatoms. The summed E-state index contributed by atoms with van der Waals surface area (Å²) in [6.07, 6.45) is 3.73. The van der Waals surface area contributed by atoms with Crippen molar-refractivity contribution in [3.63, 3.8) is 0 Å². The van der Waals surface area contributed by atoms with Gasteiger partial charge >= 0.3 is 0 Å². The molecule has 0 bridgehead atoms. The Bertz CT molecular complexity index is 700. The van der Waals surface area contributed by atoms with Crippen molar-refractivity contribution in [3.8, 4) is 11.4 Å². The van der Waals surface area contributed by atoms with Crippen molar-refractivity contribution in [3.05, 3.63) is 45.1 Å². The van der Waals surface area contributed by atoms with E-state index in [1.54, 1.807) is 0 Å². The molecule has 1 aliphatic carbocycles. The Balaban J connectivity index is 2.07. The van der Waals surface area contributed by atoms with Crippen LogP contribution < -0.4 is 5.73 Å². The zero-order valence-electron chi connectivity index (χ0n) is 12.0. The molecule has 1 heterocycles. The molecular weight excluding hydrogens is 350 g/mol. The number of aromatic nitrogens is 2. The molecule has 0 radical (unpaired) electrons. The van der Waals surface area contributed by atoms with E-state index in [4.69, 9.17) is 22.3 Å². The molecule has 1 atom stereocenters. The number of halogens is 2. The Kier molecular flexibility index (Phi) is 3.80. The maximum Gasteiger partial charge on any atom is 0.160 e. The second kappa shape index (κ2) is 5.34. The van der Waals surface area contributed by atoms with E-state index >= 15 is 0 Å². The normalized spacial score (nSPS) is 20.1. The first kappa shape index (κ1) is 14.9. The molecule has 2 N–H and O–H groups in total. The van der Waals surface area contributed by atoms with Gasteiger partial charge in [0, 0.05) is 33.5 Å². The monoisotopic (exact) mass is 365 g/mol. The fraction of sp³-hybridized carbons (Fsp3) is 0.375. The molecule has 0 saturated heterocycles. The molecule has 1 aliphatic rings. The summed E-state index contributed by atoms with van der Waals surface area (Å²) in [5, 5.41) is 0.642. The van der Waals surface area contributed by atoms with Crippen LogP contribution in [0.1, 0.15) is 37.6 Å². The minimum Gasteiger partial charge on any atom is -0.324 e. The highest BCUT2D eigenvalue weighted by Crippen LogP contribution is 2.39. The molecule has 1 unspecified atom stereocenters. The highest BCUT2D eigenvalue weighted by Gasteiger charge is 2.31. The van der Waals surface area contributed by atoms with Gasteiger partial charge in [-0.3, -0.25) is 0 Å². The number of hydrogen-bond donors (Lipinski definition) is 1. The lowest BCUT2D eigenvalue weighted by atomic mass is 9.74. The molecule has 0 spiro atoms. The van der Waals surface area contributed by atoms with Crippen LogP contribution in [0.2, 0.25) is 5.02 Å². The lowest BCUT2D eigenvalue weighted by molar-refractivity contribution is 0.278. The standard InChI is InChI=1S/C16H17BrClN3/c1-16(2)6-13(19)11-8-20-15(21-14(11)7-16)10-4-3-9(17)5-12(10)18/h3-5,8,13H,6-7,19H2,1-2H3. The molecule has 0 aliphatic heterocycles. The largest absolute Gasteiger partial charge is 0.324 e. The summed E-state index contributed by atoms with van der Waals surface area (Å²) in [5.41, 5.74) is 9.37.